The predicted octanol–water partition coefficient (Wildman–Crippen LogP) is 2.18. The van der Waals surface area contributed by atoms with E-state index in [9.17, 15) is 8.42 Å². The van der Waals surface area contributed by atoms with Gasteiger partial charge in [-0.15, -0.1) is 0 Å². The minimum atomic E-state index is -3.77. The smallest absolute Gasteiger partial charge is 0.302 e. The van der Waals surface area contributed by atoms with E-state index in [1.165, 1.54) is 10.6 Å². The first-order chi connectivity index (χ1) is 9.51. The van der Waals surface area contributed by atoms with Crippen LogP contribution in [0.25, 0.3) is 6.08 Å². The summed E-state index contributed by atoms with van der Waals surface area (Å²) >= 11 is 0. The Hall–Kier alpha value is -2.05. The van der Waals surface area contributed by atoms with Crippen LogP contribution in [0.2, 0.25) is 0 Å². The molecule has 0 bridgehead atoms. The summed E-state index contributed by atoms with van der Waals surface area (Å²) in [4.78, 5) is 0. The molecule has 5 nitrogen and oxygen atoms in total. The number of sulfonamides is 1. The van der Waals surface area contributed by atoms with Crippen molar-refractivity contribution in [3.05, 3.63) is 53.9 Å². The molecule has 1 aromatic carbocycles. The second-order valence-electron chi connectivity index (χ2n) is 4.63. The number of para-hydroxylation sites is 1. The van der Waals surface area contributed by atoms with Crippen LogP contribution in [0.15, 0.2) is 57.9 Å². The van der Waals surface area contributed by atoms with Crippen LogP contribution in [0, 0.1) is 0 Å². The molecule has 0 saturated carbocycles. The van der Waals surface area contributed by atoms with Gasteiger partial charge in [-0.25, -0.2) is 4.31 Å². The highest BCUT2D eigenvalue weighted by atomic mass is 32.2. The van der Waals surface area contributed by atoms with Gasteiger partial charge in [-0.1, -0.05) is 18.2 Å². The number of rotatable bonds is 2. The summed E-state index contributed by atoms with van der Waals surface area (Å²) in [7, 11) is -3.77. The van der Waals surface area contributed by atoms with Crippen LogP contribution in [-0.4, -0.2) is 14.5 Å². The van der Waals surface area contributed by atoms with E-state index in [4.69, 9.17) is 10.2 Å². The summed E-state index contributed by atoms with van der Waals surface area (Å²) in [6, 6.07) is 10.0. The highest BCUT2D eigenvalue weighted by molar-refractivity contribution is 7.93. The Bertz CT molecular complexity index is 761. The molecule has 2 heterocycles. The number of nitrogens with zero attached hydrogens (tertiary/aromatic N) is 1. The van der Waals surface area contributed by atoms with Crippen LogP contribution in [0.4, 0.5) is 5.69 Å². The maximum Gasteiger partial charge on any atom is 0.302 e. The molecule has 1 aromatic heterocycles. The molecule has 1 aliphatic heterocycles. The Kier molecular flexibility index (Phi) is 2.92. The van der Waals surface area contributed by atoms with Gasteiger partial charge in [0.25, 0.3) is 0 Å². The van der Waals surface area contributed by atoms with E-state index in [1.807, 2.05) is 6.07 Å². The van der Waals surface area contributed by atoms with Gasteiger partial charge in [-0.3, -0.25) is 0 Å². The molecule has 0 amide bonds. The maximum absolute atomic E-state index is 12.7. The van der Waals surface area contributed by atoms with Gasteiger partial charge in [0.15, 0.2) is 0 Å². The maximum atomic E-state index is 12.7. The molecule has 0 saturated heterocycles. The van der Waals surface area contributed by atoms with Crippen molar-refractivity contribution in [2.45, 2.75) is 18.1 Å². The van der Waals surface area contributed by atoms with Crippen LogP contribution < -0.4 is 10.0 Å². The van der Waals surface area contributed by atoms with E-state index >= 15 is 0 Å². The summed E-state index contributed by atoms with van der Waals surface area (Å²) < 4.78 is 31.8. The van der Waals surface area contributed by atoms with Crippen molar-refractivity contribution in [1.82, 2.24) is 0 Å². The predicted molar refractivity (Wildman–Crippen MR) is 76.4 cm³/mol. The van der Waals surface area contributed by atoms with Gasteiger partial charge >= 0.3 is 10.0 Å². The van der Waals surface area contributed by atoms with E-state index in [1.54, 1.807) is 43.3 Å². The van der Waals surface area contributed by atoms with Gasteiger partial charge in [0, 0.05) is 11.6 Å². The number of anilines is 1. The second-order valence-corrected chi connectivity index (χ2v) is 6.31. The molecule has 20 heavy (non-hydrogen) atoms. The molecule has 1 aliphatic rings. The van der Waals surface area contributed by atoms with Gasteiger partial charge in [0.05, 0.1) is 17.6 Å². The summed E-state index contributed by atoms with van der Waals surface area (Å²) in [5.74, 6) is 0. The average Bonchev–Trinajstić information content (AvgIpc) is 2.88. The average molecular weight is 290 g/mol. The Morgan fingerprint density at radius 3 is 2.55 bits per heavy atom. The molecule has 0 fully saturated rings. The molecule has 0 unspecified atom stereocenters. The first-order valence-electron chi connectivity index (χ1n) is 6.17. The number of furan rings is 1. The van der Waals surface area contributed by atoms with Crippen molar-refractivity contribution in [2.24, 2.45) is 5.73 Å². The third kappa shape index (κ3) is 1.85. The normalized spacial score (nSPS) is 18.3. The lowest BCUT2D eigenvalue weighted by atomic mass is 10.1. The van der Waals surface area contributed by atoms with E-state index < -0.39 is 16.1 Å². The fourth-order valence-corrected chi connectivity index (χ4v) is 3.89. The van der Waals surface area contributed by atoms with Gasteiger partial charge in [-0.2, -0.15) is 8.42 Å². The number of fused-ring (bicyclic) bond motifs is 1. The molecular formula is C14H14N2O3S. The molecule has 2 aromatic rings. The SMILES string of the molecule is C[C@H](N)C1=Cc2ccoc2S(=O)(=O)N1c1ccccc1. The monoisotopic (exact) mass is 290 g/mol. The topological polar surface area (TPSA) is 76.5 Å². The Morgan fingerprint density at radius 2 is 1.90 bits per heavy atom. The molecule has 1 atom stereocenters. The lowest BCUT2D eigenvalue weighted by Crippen LogP contribution is -2.39. The third-order valence-corrected chi connectivity index (χ3v) is 4.83. The minimum Gasteiger partial charge on any atom is -0.451 e. The van der Waals surface area contributed by atoms with Crippen LogP contribution in [0.5, 0.6) is 0 Å². The first-order valence-corrected chi connectivity index (χ1v) is 7.61. The zero-order valence-electron chi connectivity index (χ0n) is 10.9. The summed E-state index contributed by atoms with van der Waals surface area (Å²) in [6.07, 6.45) is 3.11. The van der Waals surface area contributed by atoms with E-state index in [0.29, 0.717) is 16.9 Å². The summed E-state index contributed by atoms with van der Waals surface area (Å²) in [6.45, 7) is 1.75. The van der Waals surface area contributed by atoms with Crippen molar-refractivity contribution in [1.29, 1.82) is 0 Å². The fraction of sp³-hybridized carbons (Fsp3) is 0.143. The molecule has 0 radical (unpaired) electrons. The van der Waals surface area contributed by atoms with Gasteiger partial charge in [0.2, 0.25) is 5.09 Å². The number of hydrogen-bond acceptors (Lipinski definition) is 4. The lowest BCUT2D eigenvalue weighted by Gasteiger charge is -2.30. The third-order valence-electron chi connectivity index (χ3n) is 3.13. The zero-order valence-corrected chi connectivity index (χ0v) is 11.7. The Balaban J connectivity index is 2.27. The van der Waals surface area contributed by atoms with Gasteiger partial charge < -0.3 is 10.2 Å². The molecule has 0 aliphatic carbocycles. The van der Waals surface area contributed by atoms with E-state index in [2.05, 4.69) is 0 Å². The van der Waals surface area contributed by atoms with Crippen molar-refractivity contribution in [3.8, 4) is 0 Å². The standard InChI is InChI=1S/C14H14N2O3S/c1-10(15)13-9-11-7-8-19-14(11)20(17,18)16(13)12-5-3-2-4-6-12/h2-10H,15H2,1H3/t10-/m0/s1. The zero-order chi connectivity index (χ0) is 14.3. The van der Waals surface area contributed by atoms with Crippen molar-refractivity contribution in [3.63, 3.8) is 0 Å². The summed E-state index contributed by atoms with van der Waals surface area (Å²) in [5, 5.41) is -0.0502. The van der Waals surface area contributed by atoms with Crippen LogP contribution in [0.3, 0.4) is 0 Å². The van der Waals surface area contributed by atoms with Gasteiger partial charge in [0.1, 0.15) is 0 Å². The largest absolute Gasteiger partial charge is 0.451 e. The lowest BCUT2D eigenvalue weighted by molar-refractivity contribution is 0.447. The van der Waals surface area contributed by atoms with Crippen molar-refractivity contribution < 1.29 is 12.8 Å². The van der Waals surface area contributed by atoms with Crippen molar-refractivity contribution in [2.75, 3.05) is 4.31 Å². The number of nitrogens with two attached hydrogens (primary N) is 1. The van der Waals surface area contributed by atoms with E-state index in [-0.39, 0.29) is 5.09 Å². The van der Waals surface area contributed by atoms with Crippen LogP contribution in [-0.2, 0) is 10.0 Å². The van der Waals surface area contributed by atoms with Gasteiger partial charge in [-0.05, 0) is 31.2 Å². The number of hydrogen-bond donors (Lipinski definition) is 1. The molecule has 104 valence electrons. The molecule has 3 rings (SSSR count). The Morgan fingerprint density at radius 1 is 1.20 bits per heavy atom. The second kappa shape index (κ2) is 4.50. The van der Waals surface area contributed by atoms with Crippen LogP contribution in [0.1, 0.15) is 12.5 Å². The molecule has 2 N–H and O–H groups in total. The Labute approximate surface area is 117 Å². The molecular weight excluding hydrogens is 276 g/mol. The summed E-state index contributed by atoms with van der Waals surface area (Å²) in [5.41, 5.74) is 7.53. The fourth-order valence-electron chi connectivity index (χ4n) is 2.23. The molecule has 0 spiro atoms. The van der Waals surface area contributed by atoms with E-state index in [0.717, 1.165) is 0 Å². The number of benzene rings is 1. The minimum absolute atomic E-state index is 0.0502. The van der Waals surface area contributed by atoms with Crippen molar-refractivity contribution >= 4 is 21.8 Å². The molecule has 6 heteroatoms. The quantitative estimate of drug-likeness (QED) is 0.919. The van der Waals surface area contributed by atoms with Crippen LogP contribution >= 0.6 is 0 Å². The highest BCUT2D eigenvalue weighted by Crippen LogP contribution is 2.36. The first kappa shape index (κ1) is 13.0. The highest BCUT2D eigenvalue weighted by Gasteiger charge is 2.37.